The first-order valence-electron chi connectivity index (χ1n) is 10.3. The van der Waals surface area contributed by atoms with Crippen molar-refractivity contribution in [1.82, 2.24) is 9.29 Å². The number of pyridine rings is 1. The van der Waals surface area contributed by atoms with Crippen molar-refractivity contribution in [3.05, 3.63) is 58.4 Å². The molecular formula is C23H28ClN3OS. The highest BCUT2D eigenvalue weighted by Gasteiger charge is 2.44. The second kappa shape index (κ2) is 7.93. The summed E-state index contributed by atoms with van der Waals surface area (Å²) in [6.07, 6.45) is 6.02. The second-order valence-corrected chi connectivity index (χ2v) is 10.8. The average Bonchev–Trinajstić information content (AvgIpc) is 2.87. The molecule has 6 heteroatoms. The molecule has 2 aromatic rings. The molecule has 0 spiro atoms. The van der Waals surface area contributed by atoms with E-state index in [1.54, 1.807) is 12.3 Å². The van der Waals surface area contributed by atoms with E-state index in [9.17, 15) is 4.79 Å². The van der Waals surface area contributed by atoms with Crippen LogP contribution in [0.5, 0.6) is 0 Å². The second-order valence-electron chi connectivity index (χ2n) is 8.72. The number of fused-ring (bicyclic) bond motifs is 1. The van der Waals surface area contributed by atoms with E-state index in [-0.39, 0.29) is 5.91 Å². The lowest BCUT2D eigenvalue weighted by Crippen LogP contribution is -2.39. The smallest absolute Gasteiger partial charge is 0.259 e. The van der Waals surface area contributed by atoms with Crippen molar-refractivity contribution < 1.29 is 4.79 Å². The first-order chi connectivity index (χ1) is 13.8. The molecule has 0 saturated carbocycles. The van der Waals surface area contributed by atoms with Crippen LogP contribution < -0.4 is 4.90 Å². The van der Waals surface area contributed by atoms with E-state index >= 15 is 0 Å². The summed E-state index contributed by atoms with van der Waals surface area (Å²) in [6.45, 7) is 10.8. The molecule has 1 aromatic heterocycles. The predicted octanol–water partition coefficient (Wildman–Crippen LogP) is 5.87. The van der Waals surface area contributed by atoms with Gasteiger partial charge >= 0.3 is 0 Å². The zero-order chi connectivity index (χ0) is 20.8. The normalized spacial score (nSPS) is 19.8. The van der Waals surface area contributed by atoms with Crippen LogP contribution in [0.2, 0.25) is 5.02 Å². The summed E-state index contributed by atoms with van der Waals surface area (Å²) in [7, 11) is 0. The van der Waals surface area contributed by atoms with Crippen LogP contribution in [0.15, 0.2) is 36.7 Å². The van der Waals surface area contributed by atoms with E-state index in [0.717, 1.165) is 42.7 Å². The molecule has 4 rings (SSSR count). The van der Waals surface area contributed by atoms with Gasteiger partial charge < -0.3 is 0 Å². The Morgan fingerprint density at radius 3 is 2.59 bits per heavy atom. The number of hydrogen-bond acceptors (Lipinski definition) is 4. The fourth-order valence-corrected chi connectivity index (χ4v) is 5.72. The molecule has 2 aliphatic heterocycles. The number of nitrogens with zero attached hydrogens (tertiary/aromatic N) is 3. The van der Waals surface area contributed by atoms with Crippen LogP contribution >= 0.6 is 23.5 Å². The SMILES string of the molecule is CC(C)SN1CCC(c2cncc(N3C(=O)c4ccc(Cl)cc4C3(C)C)c2)CC1. The minimum absolute atomic E-state index is 0.0174. The molecule has 4 nitrogen and oxygen atoms in total. The summed E-state index contributed by atoms with van der Waals surface area (Å²) in [5.41, 5.74) is 3.33. The Labute approximate surface area is 182 Å². The maximum Gasteiger partial charge on any atom is 0.259 e. The van der Waals surface area contributed by atoms with E-state index in [1.165, 1.54) is 5.56 Å². The predicted molar refractivity (Wildman–Crippen MR) is 122 cm³/mol. The molecule has 1 amide bonds. The van der Waals surface area contributed by atoms with Gasteiger partial charge in [0.25, 0.3) is 5.91 Å². The molecule has 0 atom stereocenters. The molecular weight excluding hydrogens is 402 g/mol. The van der Waals surface area contributed by atoms with Crippen LogP contribution in [0.25, 0.3) is 0 Å². The zero-order valence-corrected chi connectivity index (χ0v) is 19.1. The van der Waals surface area contributed by atoms with Crippen molar-refractivity contribution in [3.63, 3.8) is 0 Å². The number of carbonyl (C=O) groups excluding carboxylic acids is 1. The van der Waals surface area contributed by atoms with Crippen molar-refractivity contribution in [2.45, 2.75) is 57.2 Å². The third-order valence-electron chi connectivity index (χ3n) is 5.92. The van der Waals surface area contributed by atoms with Crippen LogP contribution in [0.4, 0.5) is 5.69 Å². The Kier molecular flexibility index (Phi) is 5.66. The van der Waals surface area contributed by atoms with Crippen molar-refractivity contribution in [2.24, 2.45) is 0 Å². The largest absolute Gasteiger partial charge is 0.297 e. The number of benzene rings is 1. The Hall–Kier alpha value is -1.56. The number of anilines is 1. The van der Waals surface area contributed by atoms with Gasteiger partial charge in [0.05, 0.1) is 17.4 Å². The number of carbonyl (C=O) groups is 1. The third kappa shape index (κ3) is 3.92. The Bertz CT molecular complexity index is 922. The molecule has 0 unspecified atom stereocenters. The Morgan fingerprint density at radius 1 is 1.17 bits per heavy atom. The van der Waals surface area contributed by atoms with Crippen LogP contribution in [0.1, 0.15) is 67.9 Å². The average molecular weight is 430 g/mol. The lowest BCUT2D eigenvalue weighted by Gasteiger charge is -2.34. The Morgan fingerprint density at radius 2 is 1.90 bits per heavy atom. The van der Waals surface area contributed by atoms with E-state index in [0.29, 0.717) is 16.2 Å². The molecule has 154 valence electrons. The fraction of sp³-hybridized carbons (Fsp3) is 0.478. The van der Waals surface area contributed by atoms with Gasteiger partial charge in [-0.05, 0) is 68.0 Å². The molecule has 3 heterocycles. The number of halogens is 1. The highest BCUT2D eigenvalue weighted by Crippen LogP contribution is 2.43. The van der Waals surface area contributed by atoms with E-state index in [2.05, 4.69) is 43.1 Å². The van der Waals surface area contributed by atoms with Gasteiger partial charge in [-0.2, -0.15) is 0 Å². The van der Waals surface area contributed by atoms with Gasteiger partial charge in [-0.3, -0.25) is 19.0 Å². The minimum atomic E-state index is -0.463. The minimum Gasteiger partial charge on any atom is -0.297 e. The molecule has 1 fully saturated rings. The summed E-state index contributed by atoms with van der Waals surface area (Å²) in [4.78, 5) is 19.6. The van der Waals surface area contributed by atoms with E-state index < -0.39 is 5.54 Å². The molecule has 0 bridgehead atoms. The van der Waals surface area contributed by atoms with Gasteiger partial charge in [0.1, 0.15) is 0 Å². The topological polar surface area (TPSA) is 36.4 Å². The van der Waals surface area contributed by atoms with Crippen molar-refractivity contribution in [1.29, 1.82) is 0 Å². The van der Waals surface area contributed by atoms with Crippen molar-refractivity contribution >= 4 is 35.1 Å². The van der Waals surface area contributed by atoms with Crippen LogP contribution in [-0.4, -0.2) is 33.5 Å². The summed E-state index contributed by atoms with van der Waals surface area (Å²) in [5.74, 6) is 0.507. The maximum atomic E-state index is 13.2. The van der Waals surface area contributed by atoms with Crippen LogP contribution in [-0.2, 0) is 5.54 Å². The summed E-state index contributed by atoms with van der Waals surface area (Å²) in [5, 5.41) is 1.28. The van der Waals surface area contributed by atoms with Crippen LogP contribution in [0.3, 0.4) is 0 Å². The first kappa shape index (κ1) is 20.7. The standard InChI is InChI=1S/C23H28ClN3OS/c1-15(2)29-26-9-7-16(8-10-26)17-11-19(14-25-13-17)27-22(28)20-6-5-18(24)12-21(20)23(27,3)4/h5-6,11-16H,7-10H2,1-4H3. The maximum absolute atomic E-state index is 13.2. The number of piperidine rings is 1. The lowest BCUT2D eigenvalue weighted by atomic mass is 9.90. The Balaban J connectivity index is 1.58. The van der Waals surface area contributed by atoms with Crippen molar-refractivity contribution in [2.75, 3.05) is 18.0 Å². The summed E-state index contributed by atoms with van der Waals surface area (Å²) in [6, 6.07) is 7.70. The van der Waals surface area contributed by atoms with Gasteiger partial charge in [0.2, 0.25) is 0 Å². The monoisotopic (exact) mass is 429 g/mol. The van der Waals surface area contributed by atoms with Gasteiger partial charge in [0, 0.05) is 35.1 Å². The third-order valence-corrected chi connectivity index (χ3v) is 7.24. The van der Waals surface area contributed by atoms with Gasteiger partial charge in [-0.1, -0.05) is 37.4 Å². The highest BCUT2D eigenvalue weighted by atomic mass is 35.5. The van der Waals surface area contributed by atoms with Gasteiger partial charge in [0.15, 0.2) is 0 Å². The van der Waals surface area contributed by atoms with Crippen LogP contribution in [0, 0.1) is 0 Å². The molecule has 0 aliphatic carbocycles. The number of aromatic nitrogens is 1. The molecule has 0 radical (unpaired) electrons. The fourth-order valence-electron chi connectivity index (χ4n) is 4.53. The zero-order valence-electron chi connectivity index (χ0n) is 17.5. The molecule has 1 saturated heterocycles. The van der Waals surface area contributed by atoms with Gasteiger partial charge in [-0.25, -0.2) is 0 Å². The molecule has 29 heavy (non-hydrogen) atoms. The lowest BCUT2D eigenvalue weighted by molar-refractivity contribution is 0.0982. The molecule has 0 N–H and O–H groups in total. The quantitative estimate of drug-likeness (QED) is 0.569. The van der Waals surface area contributed by atoms with Crippen molar-refractivity contribution in [3.8, 4) is 0 Å². The van der Waals surface area contributed by atoms with Gasteiger partial charge in [-0.15, -0.1) is 0 Å². The van der Waals surface area contributed by atoms with E-state index in [4.69, 9.17) is 11.6 Å². The number of rotatable bonds is 4. The number of hydrogen-bond donors (Lipinski definition) is 0. The first-order valence-corrected chi connectivity index (χ1v) is 11.5. The summed E-state index contributed by atoms with van der Waals surface area (Å²) < 4.78 is 2.48. The van der Waals surface area contributed by atoms with E-state index in [1.807, 2.05) is 35.2 Å². The summed E-state index contributed by atoms with van der Waals surface area (Å²) >= 11 is 8.16. The number of amides is 1. The molecule has 1 aromatic carbocycles. The highest BCUT2D eigenvalue weighted by molar-refractivity contribution is 7.97. The molecule has 2 aliphatic rings.